The highest BCUT2D eigenvalue weighted by molar-refractivity contribution is 5.96. The van der Waals surface area contributed by atoms with Crippen molar-refractivity contribution in [2.24, 2.45) is 28.9 Å². The van der Waals surface area contributed by atoms with Gasteiger partial charge in [-0.05, 0) is 58.4 Å². The number of imidazole rings is 1. The summed E-state index contributed by atoms with van der Waals surface area (Å²) in [5.41, 5.74) is 22.4. The summed E-state index contributed by atoms with van der Waals surface area (Å²) in [4.78, 5) is 96.3. The molecule has 15 N–H and O–H groups in total. The summed E-state index contributed by atoms with van der Waals surface area (Å²) in [5.74, 6) is -5.65. The Morgan fingerprint density at radius 3 is 1.80 bits per heavy atom. The number of hydrogen-bond donors (Lipinski definition) is 11. The van der Waals surface area contributed by atoms with E-state index < -0.39 is 83.7 Å². The molecule has 19 heteroatoms. The zero-order valence-corrected chi connectivity index (χ0v) is 28.5. The number of nitrogens with zero attached hydrogens (tertiary/aromatic N) is 1. The number of unbranched alkanes of at least 4 members (excludes halogenated alkanes) is 1. The lowest BCUT2D eigenvalue weighted by molar-refractivity contribution is -0.136. The molecule has 0 unspecified atom stereocenters. The van der Waals surface area contributed by atoms with Gasteiger partial charge in [-0.1, -0.05) is 13.8 Å². The Kier molecular flexibility index (Phi) is 18.5. The number of nitrogens with two attached hydrogens (primary N) is 4. The minimum atomic E-state index is -1.49. The number of nitrogens with one attached hydrogen (secondary N) is 6. The summed E-state index contributed by atoms with van der Waals surface area (Å²) < 4.78 is 0. The minimum absolute atomic E-state index is 0.0141. The van der Waals surface area contributed by atoms with Crippen LogP contribution in [-0.4, -0.2) is 105 Å². The van der Waals surface area contributed by atoms with E-state index in [1.807, 2.05) is 0 Å². The molecule has 0 fully saturated rings. The summed E-state index contributed by atoms with van der Waals surface area (Å²) in [5, 5.41) is 22.5. The van der Waals surface area contributed by atoms with Gasteiger partial charge < -0.3 is 59.6 Å². The fourth-order valence-corrected chi connectivity index (χ4v) is 4.65. The first-order valence-corrected chi connectivity index (χ1v) is 16.2. The van der Waals surface area contributed by atoms with Crippen molar-refractivity contribution in [3.8, 4) is 0 Å². The van der Waals surface area contributed by atoms with Crippen LogP contribution >= 0.6 is 0 Å². The van der Waals surface area contributed by atoms with Gasteiger partial charge in [0.05, 0.1) is 18.5 Å². The SMILES string of the molecule is CC(C)C[C@H](NC(=O)[C@H](CCCCN)NC(=O)[C@H](Cc1cnc[nH]1)NC(=O)[C@H](C)N)C(=O)N[C@@H](CCC(N)=O)C(=O)N[C@H](C(N)=O)[C@@H](C)O. The second-order valence-electron chi connectivity index (χ2n) is 12.4. The maximum Gasteiger partial charge on any atom is 0.243 e. The molecule has 0 saturated carbocycles. The quantitative estimate of drug-likeness (QED) is 0.0490. The summed E-state index contributed by atoms with van der Waals surface area (Å²) in [6.07, 6.45) is 2.18. The molecule has 49 heavy (non-hydrogen) atoms. The second-order valence-corrected chi connectivity index (χ2v) is 12.4. The maximum atomic E-state index is 13.7. The topological polar surface area (TPSA) is 333 Å². The third kappa shape index (κ3) is 15.9. The number of aliphatic hydroxyl groups is 1. The minimum Gasteiger partial charge on any atom is -0.391 e. The standard InChI is InChI=1S/C30H53N11O8/c1-15(2)11-21(29(48)38-20(8-9-23(33)43)28(47)41-24(17(4)42)25(34)44)40-27(46)19(7-5-6-10-31)37-30(49)22(39-26(45)16(3)32)12-18-13-35-14-36-18/h13-17,19-22,24,42H,5-12,31-32H2,1-4H3,(H2,33,43)(H2,34,44)(H,35,36)(H,37,49)(H,38,48)(H,39,45)(H,40,46)(H,41,47)/t16-,17+,19-,20-,21-,22-,24-/m0/s1. The second kappa shape index (κ2) is 21.4. The van der Waals surface area contributed by atoms with Crippen molar-refractivity contribution in [3.63, 3.8) is 0 Å². The van der Waals surface area contributed by atoms with E-state index >= 15 is 0 Å². The molecule has 0 spiro atoms. The predicted molar refractivity (Wildman–Crippen MR) is 177 cm³/mol. The molecule has 1 aromatic rings. The molecule has 7 amide bonds. The monoisotopic (exact) mass is 695 g/mol. The molecule has 19 nitrogen and oxygen atoms in total. The van der Waals surface area contributed by atoms with Crippen molar-refractivity contribution in [1.82, 2.24) is 36.6 Å². The van der Waals surface area contributed by atoms with Crippen molar-refractivity contribution in [2.45, 2.75) is 115 Å². The number of hydrogen-bond acceptors (Lipinski definition) is 11. The van der Waals surface area contributed by atoms with E-state index in [2.05, 4.69) is 36.6 Å². The van der Waals surface area contributed by atoms with Gasteiger partial charge in [0.15, 0.2) is 0 Å². The van der Waals surface area contributed by atoms with Crippen LogP contribution in [0, 0.1) is 5.92 Å². The highest BCUT2D eigenvalue weighted by atomic mass is 16.3. The molecule has 1 aromatic heterocycles. The van der Waals surface area contributed by atoms with Gasteiger partial charge in [-0.2, -0.15) is 0 Å². The van der Waals surface area contributed by atoms with Crippen molar-refractivity contribution in [3.05, 3.63) is 18.2 Å². The van der Waals surface area contributed by atoms with Crippen molar-refractivity contribution in [2.75, 3.05) is 6.54 Å². The van der Waals surface area contributed by atoms with Gasteiger partial charge in [0.1, 0.15) is 30.2 Å². The molecule has 0 aliphatic carbocycles. The van der Waals surface area contributed by atoms with Gasteiger partial charge in [-0.25, -0.2) is 4.98 Å². The Morgan fingerprint density at radius 2 is 1.31 bits per heavy atom. The average molecular weight is 696 g/mol. The largest absolute Gasteiger partial charge is 0.391 e. The molecular formula is C30H53N11O8. The summed E-state index contributed by atoms with van der Waals surface area (Å²) >= 11 is 0. The van der Waals surface area contributed by atoms with E-state index in [-0.39, 0.29) is 38.0 Å². The van der Waals surface area contributed by atoms with E-state index in [0.29, 0.717) is 25.1 Å². The number of rotatable bonds is 23. The normalized spacial score (nSPS) is 15.4. The smallest absolute Gasteiger partial charge is 0.243 e. The van der Waals surface area contributed by atoms with Crippen LogP contribution in [0.15, 0.2) is 12.5 Å². The van der Waals surface area contributed by atoms with E-state index in [4.69, 9.17) is 22.9 Å². The molecular weight excluding hydrogens is 642 g/mol. The lowest BCUT2D eigenvalue weighted by atomic mass is 10.0. The lowest BCUT2D eigenvalue weighted by Crippen LogP contribution is -2.60. The van der Waals surface area contributed by atoms with Gasteiger partial charge in [-0.15, -0.1) is 0 Å². The highest BCUT2D eigenvalue weighted by Crippen LogP contribution is 2.10. The number of aliphatic hydroxyl groups excluding tert-OH is 1. The lowest BCUT2D eigenvalue weighted by Gasteiger charge is -2.28. The highest BCUT2D eigenvalue weighted by Gasteiger charge is 2.33. The number of aromatic nitrogens is 2. The fourth-order valence-electron chi connectivity index (χ4n) is 4.65. The number of primary amides is 2. The molecule has 0 aromatic carbocycles. The van der Waals surface area contributed by atoms with E-state index in [1.54, 1.807) is 13.8 Å². The van der Waals surface area contributed by atoms with Crippen LogP contribution in [0.5, 0.6) is 0 Å². The zero-order chi connectivity index (χ0) is 37.3. The molecule has 1 heterocycles. The van der Waals surface area contributed by atoms with E-state index in [9.17, 15) is 38.7 Å². The van der Waals surface area contributed by atoms with Crippen LogP contribution in [0.1, 0.15) is 71.9 Å². The van der Waals surface area contributed by atoms with Crippen LogP contribution in [0.3, 0.4) is 0 Å². The van der Waals surface area contributed by atoms with Crippen molar-refractivity contribution in [1.29, 1.82) is 0 Å². The van der Waals surface area contributed by atoms with E-state index in [0.717, 1.165) is 0 Å². The predicted octanol–water partition coefficient (Wildman–Crippen LogP) is -3.97. The molecule has 276 valence electrons. The Balaban J connectivity index is 3.28. The summed E-state index contributed by atoms with van der Waals surface area (Å²) in [6.45, 7) is 6.61. The van der Waals surface area contributed by atoms with Crippen molar-refractivity contribution >= 4 is 41.4 Å². The molecule has 1 rings (SSSR count). The number of carbonyl (C=O) groups is 7. The molecule has 0 aliphatic rings. The first-order valence-electron chi connectivity index (χ1n) is 16.2. The van der Waals surface area contributed by atoms with Crippen LogP contribution in [-0.2, 0) is 40.0 Å². The molecule has 0 bridgehead atoms. The zero-order valence-electron chi connectivity index (χ0n) is 28.5. The number of amides is 7. The van der Waals surface area contributed by atoms with Gasteiger partial charge in [-0.3, -0.25) is 33.6 Å². The third-order valence-electron chi connectivity index (χ3n) is 7.34. The Bertz CT molecular complexity index is 1260. The van der Waals surface area contributed by atoms with Gasteiger partial charge in [0.2, 0.25) is 41.4 Å². The van der Waals surface area contributed by atoms with E-state index in [1.165, 1.54) is 26.4 Å². The number of H-pyrrole nitrogens is 1. The first kappa shape index (κ1) is 42.4. The van der Waals surface area contributed by atoms with Gasteiger partial charge in [0.25, 0.3) is 0 Å². The average Bonchev–Trinajstić information content (AvgIpc) is 3.52. The van der Waals surface area contributed by atoms with Crippen LogP contribution in [0.25, 0.3) is 0 Å². The Labute approximate surface area is 285 Å². The fraction of sp³-hybridized carbons (Fsp3) is 0.667. The first-order chi connectivity index (χ1) is 23.0. The molecule has 0 radical (unpaired) electrons. The van der Waals surface area contributed by atoms with Gasteiger partial charge in [0, 0.05) is 24.7 Å². The number of aromatic amines is 1. The number of carbonyl (C=O) groups excluding carboxylic acids is 7. The molecule has 0 saturated heterocycles. The third-order valence-corrected chi connectivity index (χ3v) is 7.34. The Morgan fingerprint density at radius 1 is 0.776 bits per heavy atom. The summed E-state index contributed by atoms with van der Waals surface area (Å²) in [6, 6.07) is -7.31. The Hall–Kier alpha value is -4.62. The van der Waals surface area contributed by atoms with Crippen LogP contribution in [0.2, 0.25) is 0 Å². The maximum absolute atomic E-state index is 13.7. The molecule has 0 aliphatic heterocycles. The molecule has 7 atom stereocenters. The van der Waals surface area contributed by atoms with Crippen molar-refractivity contribution < 1.29 is 38.7 Å². The van der Waals surface area contributed by atoms with Crippen LogP contribution in [0.4, 0.5) is 0 Å². The van der Waals surface area contributed by atoms with Gasteiger partial charge >= 0.3 is 0 Å². The summed E-state index contributed by atoms with van der Waals surface area (Å²) in [7, 11) is 0. The van der Waals surface area contributed by atoms with Crippen LogP contribution < -0.4 is 49.5 Å².